The lowest BCUT2D eigenvalue weighted by Gasteiger charge is -2.13. The number of alkyl halides is 2. The molecule has 2 heterocycles. The Bertz CT molecular complexity index is 1130. The number of aromatic nitrogens is 3. The molecule has 2 aromatic heterocycles. The average molecular weight is 417 g/mol. The topological polar surface area (TPSA) is 100 Å². The van der Waals surface area contributed by atoms with Crippen LogP contribution in [0.4, 0.5) is 8.78 Å². The molecule has 0 spiro atoms. The fraction of sp³-hybridized carbons (Fsp3) is 0.250. The van der Waals surface area contributed by atoms with Crippen LogP contribution in [0.2, 0.25) is 5.02 Å². The van der Waals surface area contributed by atoms with Crippen LogP contribution >= 0.6 is 11.6 Å². The lowest BCUT2D eigenvalue weighted by molar-refractivity contribution is 0.147. The molecule has 3 aromatic rings. The summed E-state index contributed by atoms with van der Waals surface area (Å²) in [5.74, 6) is 0.0309. The Labute approximate surface area is 158 Å². The van der Waals surface area contributed by atoms with Gasteiger partial charge in [0.1, 0.15) is 4.90 Å². The Morgan fingerprint density at radius 1 is 1.33 bits per heavy atom. The lowest BCUT2D eigenvalue weighted by Crippen LogP contribution is -2.12. The van der Waals surface area contributed by atoms with Crippen LogP contribution in [0.5, 0.6) is 5.88 Å². The van der Waals surface area contributed by atoms with Gasteiger partial charge in [0.15, 0.2) is 0 Å². The molecule has 0 bridgehead atoms. The molecule has 0 aliphatic carbocycles. The van der Waals surface area contributed by atoms with E-state index in [9.17, 15) is 17.2 Å². The van der Waals surface area contributed by atoms with Gasteiger partial charge in [-0.15, -0.1) is 0 Å². The second kappa shape index (κ2) is 7.02. The summed E-state index contributed by atoms with van der Waals surface area (Å²) in [6.45, 7) is 1.55. The minimum absolute atomic E-state index is 0.0150. The Kier molecular flexibility index (Phi) is 5.06. The van der Waals surface area contributed by atoms with E-state index in [1.165, 1.54) is 36.1 Å². The predicted molar refractivity (Wildman–Crippen MR) is 96.2 cm³/mol. The van der Waals surface area contributed by atoms with E-state index in [-0.39, 0.29) is 28.0 Å². The highest BCUT2D eigenvalue weighted by Gasteiger charge is 2.22. The molecular formula is C16H15ClF2N4O3S. The first-order valence-electron chi connectivity index (χ1n) is 7.65. The third kappa shape index (κ3) is 3.73. The van der Waals surface area contributed by atoms with Crippen LogP contribution in [0.25, 0.3) is 16.9 Å². The maximum atomic E-state index is 12.8. The van der Waals surface area contributed by atoms with Crippen LogP contribution in [0.15, 0.2) is 29.3 Å². The molecule has 0 unspecified atom stereocenters. The van der Waals surface area contributed by atoms with Crippen LogP contribution < -0.4 is 9.88 Å². The number of primary sulfonamides is 1. The van der Waals surface area contributed by atoms with Gasteiger partial charge in [0, 0.05) is 28.6 Å². The van der Waals surface area contributed by atoms with E-state index in [0.29, 0.717) is 15.9 Å². The van der Waals surface area contributed by atoms with E-state index in [1.54, 1.807) is 6.92 Å². The summed E-state index contributed by atoms with van der Waals surface area (Å²) in [5, 5.41) is 5.99. The largest absolute Gasteiger partial charge is 0.481 e. The Morgan fingerprint density at radius 3 is 2.63 bits per heavy atom. The first kappa shape index (κ1) is 19.5. The van der Waals surface area contributed by atoms with Crippen molar-refractivity contribution >= 4 is 32.5 Å². The van der Waals surface area contributed by atoms with E-state index in [1.807, 2.05) is 0 Å². The second-order valence-corrected chi connectivity index (χ2v) is 7.73. The van der Waals surface area contributed by atoms with Gasteiger partial charge < -0.3 is 4.74 Å². The predicted octanol–water partition coefficient (Wildman–Crippen LogP) is 2.85. The minimum Gasteiger partial charge on any atom is -0.481 e. The first-order valence-corrected chi connectivity index (χ1v) is 9.57. The van der Waals surface area contributed by atoms with Crippen molar-refractivity contribution < 1.29 is 21.9 Å². The molecule has 11 heteroatoms. The smallest absolute Gasteiger partial charge is 0.242 e. The number of benzene rings is 1. The lowest BCUT2D eigenvalue weighted by atomic mass is 10.1. The summed E-state index contributed by atoms with van der Waals surface area (Å²) in [6, 6.07) is 4.58. The van der Waals surface area contributed by atoms with E-state index in [2.05, 4.69) is 9.97 Å². The highest BCUT2D eigenvalue weighted by Crippen LogP contribution is 2.30. The number of hydrogen-bond donors (Lipinski definition) is 1. The number of ether oxygens (including phenoxy) is 1. The van der Waals surface area contributed by atoms with Crippen LogP contribution in [0, 0.1) is 6.92 Å². The van der Waals surface area contributed by atoms with Gasteiger partial charge in [-0.05, 0) is 25.1 Å². The second-order valence-electron chi connectivity index (χ2n) is 5.76. The normalized spacial score (nSPS) is 12.1. The molecule has 3 rings (SSSR count). The summed E-state index contributed by atoms with van der Waals surface area (Å²) in [5.41, 5.74) is 0.866. The van der Waals surface area contributed by atoms with Crippen molar-refractivity contribution in [2.45, 2.75) is 24.7 Å². The number of sulfonamides is 1. The summed E-state index contributed by atoms with van der Waals surface area (Å²) < 4.78 is 56.0. The molecular weight excluding hydrogens is 402 g/mol. The van der Waals surface area contributed by atoms with Crippen LogP contribution in [0.3, 0.4) is 0 Å². The van der Waals surface area contributed by atoms with Crippen LogP contribution in [0.1, 0.15) is 11.3 Å². The molecule has 0 atom stereocenters. The molecule has 0 aliphatic rings. The third-order valence-corrected chi connectivity index (χ3v) is 5.14. The number of halogens is 3. The van der Waals surface area contributed by atoms with Crippen molar-refractivity contribution in [3.8, 4) is 11.8 Å². The standard InChI is InChI=1S/C16H15ClF2N4O3S/c1-8-11(6-14(18)19)15(26-2)22-16(21-8)23-7-13(27(20,24)25)10-4-3-9(17)5-12(10)23/h3-5,7,14H,6H2,1-2H3,(H2,20,24,25). The van der Waals surface area contributed by atoms with Crippen molar-refractivity contribution in [2.24, 2.45) is 5.14 Å². The van der Waals surface area contributed by atoms with Gasteiger partial charge in [0.25, 0.3) is 0 Å². The highest BCUT2D eigenvalue weighted by atomic mass is 35.5. The summed E-state index contributed by atoms with van der Waals surface area (Å²) in [6.07, 6.45) is -1.89. The molecule has 0 fully saturated rings. The van der Waals surface area contributed by atoms with E-state index < -0.39 is 22.9 Å². The summed E-state index contributed by atoms with van der Waals surface area (Å²) >= 11 is 6.03. The van der Waals surface area contributed by atoms with E-state index in [4.69, 9.17) is 21.5 Å². The SMILES string of the molecule is COc1nc(-n2cc(S(N)(=O)=O)c3ccc(Cl)cc32)nc(C)c1CC(F)F. The zero-order valence-corrected chi connectivity index (χ0v) is 15.9. The van der Waals surface area contributed by atoms with E-state index >= 15 is 0 Å². The van der Waals surface area contributed by atoms with Crippen molar-refractivity contribution in [1.82, 2.24) is 14.5 Å². The molecule has 7 nitrogen and oxygen atoms in total. The first-order chi connectivity index (χ1) is 12.6. The zero-order chi connectivity index (χ0) is 19.9. The Morgan fingerprint density at radius 2 is 2.04 bits per heavy atom. The van der Waals surface area contributed by atoms with Crippen LogP contribution in [-0.4, -0.2) is 36.5 Å². The van der Waals surface area contributed by atoms with Gasteiger partial charge in [0.2, 0.25) is 28.3 Å². The maximum Gasteiger partial charge on any atom is 0.242 e. The van der Waals surface area contributed by atoms with Gasteiger partial charge in [-0.3, -0.25) is 4.57 Å². The Balaban J connectivity index is 2.30. The molecule has 144 valence electrons. The van der Waals surface area contributed by atoms with Gasteiger partial charge in [-0.2, -0.15) is 4.98 Å². The van der Waals surface area contributed by atoms with Crippen LogP contribution in [-0.2, 0) is 16.4 Å². The van der Waals surface area contributed by atoms with Gasteiger partial charge in [-0.1, -0.05) is 11.6 Å². The number of fused-ring (bicyclic) bond motifs is 1. The minimum atomic E-state index is -4.03. The summed E-state index contributed by atoms with van der Waals surface area (Å²) in [7, 11) is -2.72. The quantitative estimate of drug-likeness (QED) is 0.689. The average Bonchev–Trinajstić information content (AvgIpc) is 2.95. The number of nitrogens with two attached hydrogens (primary N) is 1. The zero-order valence-electron chi connectivity index (χ0n) is 14.3. The molecule has 1 aromatic carbocycles. The molecule has 0 radical (unpaired) electrons. The molecule has 0 aliphatic heterocycles. The molecule has 0 saturated heterocycles. The Hall–Kier alpha value is -2.30. The molecule has 27 heavy (non-hydrogen) atoms. The summed E-state index contributed by atoms with van der Waals surface area (Å²) in [4.78, 5) is 8.27. The molecule has 0 saturated carbocycles. The number of hydrogen-bond acceptors (Lipinski definition) is 5. The number of aryl methyl sites for hydroxylation is 1. The number of nitrogens with zero attached hydrogens (tertiary/aromatic N) is 3. The monoisotopic (exact) mass is 416 g/mol. The number of methoxy groups -OCH3 is 1. The maximum absolute atomic E-state index is 12.8. The number of rotatable bonds is 5. The van der Waals surface area contributed by atoms with Crippen molar-refractivity contribution in [3.63, 3.8) is 0 Å². The fourth-order valence-electron chi connectivity index (χ4n) is 2.78. The van der Waals surface area contributed by atoms with Crippen molar-refractivity contribution in [3.05, 3.63) is 40.7 Å². The fourth-order valence-corrected chi connectivity index (χ4v) is 3.68. The third-order valence-electron chi connectivity index (χ3n) is 3.97. The van der Waals surface area contributed by atoms with Gasteiger partial charge in [0.05, 0.1) is 18.3 Å². The van der Waals surface area contributed by atoms with E-state index in [0.717, 1.165) is 0 Å². The van der Waals surface area contributed by atoms with Gasteiger partial charge >= 0.3 is 0 Å². The van der Waals surface area contributed by atoms with Crippen molar-refractivity contribution in [2.75, 3.05) is 7.11 Å². The molecule has 2 N–H and O–H groups in total. The highest BCUT2D eigenvalue weighted by molar-refractivity contribution is 7.89. The van der Waals surface area contributed by atoms with Crippen molar-refractivity contribution in [1.29, 1.82) is 0 Å². The molecule has 0 amide bonds. The van der Waals surface area contributed by atoms with Gasteiger partial charge in [-0.25, -0.2) is 27.3 Å².